The standard InChI is InChI=1S/C10H24N2/c1-5-10(3,11)8-6-7-9(2)12-4/h9,12H,5-8,11H2,1-4H3. The second kappa shape index (κ2) is 5.55. The van der Waals surface area contributed by atoms with Gasteiger partial charge in [-0.1, -0.05) is 13.3 Å². The Morgan fingerprint density at radius 2 is 2.08 bits per heavy atom. The summed E-state index contributed by atoms with van der Waals surface area (Å²) in [6.45, 7) is 6.50. The van der Waals surface area contributed by atoms with Crippen LogP contribution in [0.2, 0.25) is 0 Å². The van der Waals surface area contributed by atoms with Crippen molar-refractivity contribution in [1.82, 2.24) is 5.32 Å². The molecule has 2 nitrogen and oxygen atoms in total. The highest BCUT2D eigenvalue weighted by Gasteiger charge is 2.14. The van der Waals surface area contributed by atoms with Gasteiger partial charge in [0, 0.05) is 11.6 Å². The van der Waals surface area contributed by atoms with Crippen molar-refractivity contribution in [2.24, 2.45) is 5.73 Å². The van der Waals surface area contributed by atoms with E-state index in [9.17, 15) is 0 Å². The van der Waals surface area contributed by atoms with Crippen molar-refractivity contribution in [1.29, 1.82) is 0 Å². The minimum Gasteiger partial charge on any atom is -0.325 e. The van der Waals surface area contributed by atoms with Gasteiger partial charge < -0.3 is 11.1 Å². The van der Waals surface area contributed by atoms with Crippen molar-refractivity contribution in [3.05, 3.63) is 0 Å². The second-order valence-electron chi connectivity index (χ2n) is 4.09. The molecule has 0 heterocycles. The summed E-state index contributed by atoms with van der Waals surface area (Å²) in [7, 11) is 2.01. The largest absolute Gasteiger partial charge is 0.325 e. The molecule has 2 atom stereocenters. The number of hydrogen-bond donors (Lipinski definition) is 2. The molecule has 0 aromatic heterocycles. The van der Waals surface area contributed by atoms with Gasteiger partial charge in [-0.2, -0.15) is 0 Å². The van der Waals surface area contributed by atoms with Crippen LogP contribution < -0.4 is 11.1 Å². The third-order valence-corrected chi connectivity index (χ3v) is 2.69. The molecule has 3 N–H and O–H groups in total. The molecular formula is C10H24N2. The molecule has 0 aliphatic carbocycles. The average molecular weight is 172 g/mol. The van der Waals surface area contributed by atoms with Gasteiger partial charge in [-0.25, -0.2) is 0 Å². The summed E-state index contributed by atoms with van der Waals surface area (Å²) in [6.07, 6.45) is 4.66. The highest BCUT2D eigenvalue weighted by molar-refractivity contribution is 4.76. The van der Waals surface area contributed by atoms with E-state index >= 15 is 0 Å². The fourth-order valence-corrected chi connectivity index (χ4v) is 1.13. The summed E-state index contributed by atoms with van der Waals surface area (Å²) in [5.74, 6) is 0. The van der Waals surface area contributed by atoms with Crippen molar-refractivity contribution in [3.63, 3.8) is 0 Å². The van der Waals surface area contributed by atoms with Crippen molar-refractivity contribution in [2.45, 2.75) is 58.0 Å². The van der Waals surface area contributed by atoms with Gasteiger partial charge in [0.2, 0.25) is 0 Å². The van der Waals surface area contributed by atoms with E-state index in [-0.39, 0.29) is 5.54 Å². The maximum Gasteiger partial charge on any atom is 0.0123 e. The zero-order valence-corrected chi connectivity index (χ0v) is 8.98. The first-order chi connectivity index (χ1) is 5.52. The lowest BCUT2D eigenvalue weighted by Crippen LogP contribution is -2.35. The van der Waals surface area contributed by atoms with Crippen molar-refractivity contribution < 1.29 is 0 Å². The third-order valence-electron chi connectivity index (χ3n) is 2.69. The first kappa shape index (κ1) is 11.9. The average Bonchev–Trinajstić information content (AvgIpc) is 2.04. The SMILES string of the molecule is CCC(C)(N)CCCC(C)NC. The maximum atomic E-state index is 6.02. The molecule has 12 heavy (non-hydrogen) atoms. The van der Waals surface area contributed by atoms with E-state index in [2.05, 4.69) is 26.1 Å². The molecule has 2 heteroatoms. The lowest BCUT2D eigenvalue weighted by Gasteiger charge is -2.23. The Kier molecular flexibility index (Phi) is 5.51. The molecule has 0 bridgehead atoms. The van der Waals surface area contributed by atoms with Gasteiger partial charge >= 0.3 is 0 Å². The zero-order chi connectivity index (χ0) is 9.61. The Labute approximate surface area is 76.9 Å². The smallest absolute Gasteiger partial charge is 0.0123 e. The normalized spacial score (nSPS) is 18.8. The molecule has 0 spiro atoms. The Hall–Kier alpha value is -0.0800. The van der Waals surface area contributed by atoms with Gasteiger partial charge in [-0.15, -0.1) is 0 Å². The highest BCUT2D eigenvalue weighted by Crippen LogP contribution is 2.14. The molecule has 0 fully saturated rings. The van der Waals surface area contributed by atoms with Gasteiger partial charge in [-0.3, -0.25) is 0 Å². The van der Waals surface area contributed by atoms with Gasteiger partial charge in [0.05, 0.1) is 0 Å². The molecule has 0 rings (SSSR count). The van der Waals surface area contributed by atoms with Crippen LogP contribution in [0.3, 0.4) is 0 Å². The summed E-state index contributed by atoms with van der Waals surface area (Å²) in [4.78, 5) is 0. The summed E-state index contributed by atoms with van der Waals surface area (Å²) < 4.78 is 0. The Balaban J connectivity index is 3.42. The lowest BCUT2D eigenvalue weighted by molar-refractivity contribution is 0.385. The van der Waals surface area contributed by atoms with E-state index in [1.807, 2.05) is 7.05 Å². The molecule has 0 aliphatic rings. The van der Waals surface area contributed by atoms with E-state index < -0.39 is 0 Å². The van der Waals surface area contributed by atoms with Crippen LogP contribution in [-0.2, 0) is 0 Å². The van der Waals surface area contributed by atoms with Crippen LogP contribution in [0.4, 0.5) is 0 Å². The van der Waals surface area contributed by atoms with Crippen LogP contribution in [-0.4, -0.2) is 18.6 Å². The molecule has 0 amide bonds. The number of rotatable bonds is 6. The minimum atomic E-state index is 0.0491. The Morgan fingerprint density at radius 1 is 1.50 bits per heavy atom. The third kappa shape index (κ3) is 5.56. The Bertz CT molecular complexity index is 110. The summed E-state index contributed by atoms with van der Waals surface area (Å²) in [5.41, 5.74) is 6.07. The summed E-state index contributed by atoms with van der Waals surface area (Å²) in [5, 5.41) is 3.23. The van der Waals surface area contributed by atoms with E-state index in [1.165, 1.54) is 12.8 Å². The molecular weight excluding hydrogens is 148 g/mol. The molecule has 2 unspecified atom stereocenters. The predicted octanol–water partition coefficient (Wildman–Crippen LogP) is 1.89. The van der Waals surface area contributed by atoms with Crippen LogP contribution >= 0.6 is 0 Å². The highest BCUT2D eigenvalue weighted by atomic mass is 14.8. The quantitative estimate of drug-likeness (QED) is 0.642. The first-order valence-corrected chi connectivity index (χ1v) is 4.98. The van der Waals surface area contributed by atoms with Crippen molar-refractivity contribution in [2.75, 3.05) is 7.05 Å². The maximum absolute atomic E-state index is 6.02. The van der Waals surface area contributed by atoms with Crippen molar-refractivity contribution >= 4 is 0 Å². The fourth-order valence-electron chi connectivity index (χ4n) is 1.13. The number of hydrogen-bond acceptors (Lipinski definition) is 2. The van der Waals surface area contributed by atoms with E-state index in [1.54, 1.807) is 0 Å². The molecule has 0 saturated carbocycles. The van der Waals surface area contributed by atoms with Gasteiger partial charge in [0.15, 0.2) is 0 Å². The molecule has 0 aromatic rings. The predicted molar refractivity (Wildman–Crippen MR) is 55.3 cm³/mol. The van der Waals surface area contributed by atoms with Gasteiger partial charge in [0.1, 0.15) is 0 Å². The molecule has 0 saturated heterocycles. The Morgan fingerprint density at radius 3 is 2.50 bits per heavy atom. The lowest BCUT2D eigenvalue weighted by atomic mass is 9.92. The molecule has 0 aliphatic heterocycles. The summed E-state index contributed by atoms with van der Waals surface area (Å²) in [6, 6.07) is 0.623. The van der Waals surface area contributed by atoms with E-state index in [0.717, 1.165) is 12.8 Å². The van der Waals surface area contributed by atoms with Crippen LogP contribution in [0, 0.1) is 0 Å². The van der Waals surface area contributed by atoms with Gasteiger partial charge in [0.25, 0.3) is 0 Å². The van der Waals surface area contributed by atoms with Crippen LogP contribution in [0.1, 0.15) is 46.5 Å². The fraction of sp³-hybridized carbons (Fsp3) is 1.00. The number of nitrogens with one attached hydrogen (secondary N) is 1. The van der Waals surface area contributed by atoms with Crippen LogP contribution in [0.25, 0.3) is 0 Å². The monoisotopic (exact) mass is 172 g/mol. The van der Waals surface area contributed by atoms with Crippen LogP contribution in [0.5, 0.6) is 0 Å². The second-order valence-corrected chi connectivity index (χ2v) is 4.09. The molecule has 0 radical (unpaired) electrons. The van der Waals surface area contributed by atoms with Crippen molar-refractivity contribution in [3.8, 4) is 0 Å². The topological polar surface area (TPSA) is 38.0 Å². The van der Waals surface area contributed by atoms with E-state index in [4.69, 9.17) is 5.73 Å². The minimum absolute atomic E-state index is 0.0491. The van der Waals surface area contributed by atoms with Gasteiger partial charge in [-0.05, 0) is 40.2 Å². The number of nitrogens with two attached hydrogens (primary N) is 1. The zero-order valence-electron chi connectivity index (χ0n) is 8.98. The molecule has 74 valence electrons. The van der Waals surface area contributed by atoms with E-state index in [0.29, 0.717) is 6.04 Å². The molecule has 0 aromatic carbocycles. The van der Waals surface area contributed by atoms with Crippen LogP contribution in [0.15, 0.2) is 0 Å². The first-order valence-electron chi connectivity index (χ1n) is 4.98. The summed E-state index contributed by atoms with van der Waals surface area (Å²) >= 11 is 0.